The van der Waals surface area contributed by atoms with Crippen molar-refractivity contribution in [2.24, 2.45) is 5.92 Å². The molecule has 0 aromatic carbocycles. The molecular formula is C35H69NO8Si3. The van der Waals surface area contributed by atoms with E-state index in [0.717, 1.165) is 0 Å². The first-order valence-electron chi connectivity index (χ1n) is 17.6. The maximum atomic E-state index is 14.8. The highest BCUT2D eigenvalue weighted by Crippen LogP contribution is 2.51. The Hall–Kier alpha value is -0.609. The predicted molar refractivity (Wildman–Crippen MR) is 195 cm³/mol. The maximum absolute atomic E-state index is 14.8. The summed E-state index contributed by atoms with van der Waals surface area (Å²) >= 11 is 0. The second-order valence-electron chi connectivity index (χ2n) is 20.2. The van der Waals surface area contributed by atoms with Crippen LogP contribution in [0.4, 0.5) is 4.79 Å². The molecule has 3 fully saturated rings. The third kappa shape index (κ3) is 8.48. The number of ether oxygens (including phenoxy) is 3. The Labute approximate surface area is 289 Å². The van der Waals surface area contributed by atoms with Crippen LogP contribution in [0, 0.1) is 5.92 Å². The monoisotopic (exact) mass is 715 g/mol. The molecule has 2 bridgehead atoms. The van der Waals surface area contributed by atoms with Crippen molar-refractivity contribution in [2.45, 2.75) is 206 Å². The lowest BCUT2D eigenvalue weighted by molar-refractivity contribution is -0.167. The largest absolute Gasteiger partial charge is 0.443 e. The molecule has 0 aromatic heterocycles. The van der Waals surface area contributed by atoms with E-state index < -0.39 is 84.9 Å². The predicted octanol–water partition coefficient (Wildman–Crippen LogP) is 8.84. The van der Waals surface area contributed by atoms with Crippen LogP contribution >= 0.6 is 0 Å². The number of hydrogen-bond acceptors (Lipinski definition) is 8. The van der Waals surface area contributed by atoms with Crippen LogP contribution in [0.5, 0.6) is 0 Å². The Kier molecular flexibility index (Phi) is 10.9. The summed E-state index contributed by atoms with van der Waals surface area (Å²) in [4.78, 5) is 30.2. The third-order valence-electron chi connectivity index (χ3n) is 11.6. The van der Waals surface area contributed by atoms with Gasteiger partial charge in [-0.3, -0.25) is 4.79 Å². The number of nitrogens with zero attached hydrogens (tertiary/aromatic N) is 1. The van der Waals surface area contributed by atoms with E-state index in [-0.39, 0.29) is 21.0 Å². The summed E-state index contributed by atoms with van der Waals surface area (Å²) < 4.78 is 41.6. The highest BCUT2D eigenvalue weighted by atomic mass is 28.4. The number of fused-ring (bicyclic) bond motifs is 3. The van der Waals surface area contributed by atoms with Crippen LogP contribution < -0.4 is 0 Å². The molecule has 1 aliphatic carbocycles. The van der Waals surface area contributed by atoms with E-state index in [2.05, 4.69) is 102 Å². The minimum Gasteiger partial charge on any atom is -0.443 e. The van der Waals surface area contributed by atoms with E-state index in [1.165, 1.54) is 4.90 Å². The van der Waals surface area contributed by atoms with Gasteiger partial charge in [-0.2, -0.15) is 0 Å². The SMILES string of the molecule is CC(C)(C)OC(=O)N1C(=O)[C@@H]2C[C@H]1[C@@H](O[Si](C)(C)C(C)(C)C)[C@H]1OC(C)(C)O[C@@H]1[C@H](O[Si](C)(C)C(C)(C)C)[C@H]2O[Si](C)(C)C(C)(C)C. The first kappa shape index (κ1) is 40.8. The van der Waals surface area contributed by atoms with Crippen LogP contribution in [0.15, 0.2) is 0 Å². The topological polar surface area (TPSA) is 92.8 Å². The van der Waals surface area contributed by atoms with Crippen molar-refractivity contribution in [2.75, 3.05) is 0 Å². The van der Waals surface area contributed by atoms with Crippen LogP contribution in [0.3, 0.4) is 0 Å². The van der Waals surface area contributed by atoms with E-state index in [4.69, 9.17) is 27.5 Å². The molecule has 0 aromatic rings. The Morgan fingerprint density at radius 2 is 1.04 bits per heavy atom. The second kappa shape index (κ2) is 12.6. The van der Waals surface area contributed by atoms with Crippen molar-refractivity contribution in [3.63, 3.8) is 0 Å². The molecule has 7 atom stereocenters. The van der Waals surface area contributed by atoms with Gasteiger partial charge in [-0.1, -0.05) is 62.3 Å². The normalized spacial score (nSPS) is 31.0. The number of carbonyl (C=O) groups excluding carboxylic acids is 2. The first-order valence-corrected chi connectivity index (χ1v) is 26.3. The molecule has 47 heavy (non-hydrogen) atoms. The van der Waals surface area contributed by atoms with Gasteiger partial charge in [0.05, 0.1) is 30.3 Å². The molecule has 2 aliphatic heterocycles. The van der Waals surface area contributed by atoms with E-state index in [0.29, 0.717) is 6.42 Å². The highest BCUT2D eigenvalue weighted by Gasteiger charge is 2.65. The fraction of sp³-hybridized carbons (Fsp3) is 0.943. The van der Waals surface area contributed by atoms with Gasteiger partial charge in [-0.05, 0) is 95.4 Å². The number of imide groups is 1. The summed E-state index contributed by atoms with van der Waals surface area (Å²) in [6.45, 7) is 42.3. The molecule has 2 amide bonds. The van der Waals surface area contributed by atoms with Crippen molar-refractivity contribution in [3.8, 4) is 0 Å². The zero-order valence-corrected chi connectivity index (χ0v) is 36.5. The summed E-state index contributed by atoms with van der Waals surface area (Å²) in [7, 11) is -7.42. The Morgan fingerprint density at radius 1 is 0.681 bits per heavy atom. The van der Waals surface area contributed by atoms with Gasteiger partial charge in [0, 0.05) is 0 Å². The molecule has 12 heteroatoms. The molecule has 0 N–H and O–H groups in total. The highest BCUT2D eigenvalue weighted by molar-refractivity contribution is 6.75. The number of likely N-dealkylation sites (tertiary alicyclic amines) is 1. The van der Waals surface area contributed by atoms with Gasteiger partial charge in [0.2, 0.25) is 5.91 Å². The molecule has 0 spiro atoms. The molecule has 3 rings (SSSR count). The first-order chi connectivity index (χ1) is 20.6. The van der Waals surface area contributed by atoms with Crippen LogP contribution in [0.1, 0.15) is 103 Å². The molecule has 3 aliphatic rings. The van der Waals surface area contributed by atoms with Gasteiger partial charge in [-0.25, -0.2) is 9.69 Å². The molecular weight excluding hydrogens is 647 g/mol. The quantitative estimate of drug-likeness (QED) is 0.252. The standard InChI is InChI=1S/C35H69NO8Si3/c1-31(2,3)41-30(38)36-23-21-22(29(36)37)24(42-45(15,16)32(4,5)6)28(44-47(19,20)34(10,11)12)27-26(39-35(13,14)40-27)25(23)43-46(17,18)33(7,8)9/h22-28H,21H2,1-20H3/t22-,23+,24+,25-,26-,27+,28-/m1/s1. The van der Waals surface area contributed by atoms with Crippen molar-refractivity contribution in [1.29, 1.82) is 0 Å². The number of hydrogen-bond donors (Lipinski definition) is 0. The van der Waals surface area contributed by atoms with E-state index in [1.54, 1.807) is 0 Å². The summed E-state index contributed by atoms with van der Waals surface area (Å²) in [5.74, 6) is -1.92. The summed E-state index contributed by atoms with van der Waals surface area (Å²) in [5.41, 5.74) is -0.793. The molecule has 2 saturated heterocycles. The third-order valence-corrected chi connectivity index (χ3v) is 25.0. The zero-order chi connectivity index (χ0) is 36.7. The minimum atomic E-state index is -2.48. The zero-order valence-electron chi connectivity index (χ0n) is 33.5. The summed E-state index contributed by atoms with van der Waals surface area (Å²) in [6, 6.07) is -0.624. The minimum absolute atomic E-state index is 0.122. The van der Waals surface area contributed by atoms with Crippen molar-refractivity contribution in [3.05, 3.63) is 0 Å². The van der Waals surface area contributed by atoms with Gasteiger partial charge < -0.3 is 27.5 Å². The lowest BCUT2D eigenvalue weighted by atomic mass is 9.83. The van der Waals surface area contributed by atoms with E-state index in [1.807, 2.05) is 34.6 Å². The fourth-order valence-electron chi connectivity index (χ4n) is 5.84. The number of amides is 2. The van der Waals surface area contributed by atoms with Gasteiger partial charge in [0.1, 0.15) is 17.8 Å². The molecule has 274 valence electrons. The van der Waals surface area contributed by atoms with Gasteiger partial charge in [-0.15, -0.1) is 0 Å². The van der Waals surface area contributed by atoms with E-state index in [9.17, 15) is 9.59 Å². The molecule has 1 saturated carbocycles. The Morgan fingerprint density at radius 3 is 1.43 bits per heavy atom. The van der Waals surface area contributed by atoms with E-state index >= 15 is 0 Å². The van der Waals surface area contributed by atoms with Crippen LogP contribution in [0.2, 0.25) is 54.4 Å². The van der Waals surface area contributed by atoms with Crippen molar-refractivity contribution >= 4 is 37.0 Å². The van der Waals surface area contributed by atoms with Crippen LogP contribution in [-0.4, -0.2) is 89.8 Å². The average molecular weight is 716 g/mol. The fourth-order valence-corrected chi connectivity index (χ4v) is 9.80. The average Bonchev–Trinajstić information content (AvgIpc) is 3.32. The lowest BCUT2D eigenvalue weighted by Gasteiger charge is -2.50. The van der Waals surface area contributed by atoms with Crippen LogP contribution in [0.25, 0.3) is 0 Å². The molecule has 9 nitrogen and oxygen atoms in total. The second-order valence-corrected chi connectivity index (χ2v) is 34.5. The van der Waals surface area contributed by atoms with Gasteiger partial charge in [0.25, 0.3) is 0 Å². The van der Waals surface area contributed by atoms with Gasteiger partial charge in [0.15, 0.2) is 30.7 Å². The van der Waals surface area contributed by atoms with Crippen LogP contribution in [-0.2, 0) is 32.3 Å². The summed E-state index contributed by atoms with van der Waals surface area (Å²) in [6.07, 6.45) is -3.46. The van der Waals surface area contributed by atoms with Crippen molar-refractivity contribution in [1.82, 2.24) is 4.90 Å². The number of rotatable bonds is 6. The molecule has 0 radical (unpaired) electrons. The maximum Gasteiger partial charge on any atom is 0.417 e. The number of carbonyl (C=O) groups is 2. The lowest BCUT2D eigenvalue weighted by Crippen LogP contribution is -2.63. The Bertz CT molecular complexity index is 1180. The Balaban J connectivity index is 2.37. The summed E-state index contributed by atoms with van der Waals surface area (Å²) in [5, 5.41) is -0.394. The smallest absolute Gasteiger partial charge is 0.417 e. The molecule has 0 unspecified atom stereocenters. The van der Waals surface area contributed by atoms with Gasteiger partial charge >= 0.3 is 6.09 Å². The van der Waals surface area contributed by atoms with Crippen molar-refractivity contribution < 1.29 is 37.1 Å². The molecule has 2 heterocycles.